The Morgan fingerprint density at radius 3 is 2.26 bits per heavy atom. The Morgan fingerprint density at radius 2 is 1.66 bits per heavy atom. The third kappa shape index (κ3) is 3.30. The van der Waals surface area contributed by atoms with E-state index in [4.69, 9.17) is 4.74 Å². The number of ketones is 4. The van der Waals surface area contributed by atoms with Crippen molar-refractivity contribution in [3.05, 3.63) is 63.6 Å². The van der Waals surface area contributed by atoms with Crippen LogP contribution in [0.15, 0.2) is 41.3 Å². The first-order valence-electron chi connectivity index (χ1n) is 10.7. The second kappa shape index (κ2) is 7.83. The summed E-state index contributed by atoms with van der Waals surface area (Å²) in [5.41, 5.74) is -1.42. The highest BCUT2D eigenvalue weighted by Gasteiger charge is 2.56. The van der Waals surface area contributed by atoms with Crippen molar-refractivity contribution in [3.8, 4) is 23.0 Å². The van der Waals surface area contributed by atoms with E-state index in [-0.39, 0.29) is 56.6 Å². The molecule has 1 unspecified atom stereocenters. The van der Waals surface area contributed by atoms with Gasteiger partial charge in [0.2, 0.25) is 0 Å². The van der Waals surface area contributed by atoms with Crippen molar-refractivity contribution < 1.29 is 39.2 Å². The number of rotatable bonds is 4. The highest BCUT2D eigenvalue weighted by molar-refractivity contribution is 6.31. The maximum atomic E-state index is 13.8. The highest BCUT2D eigenvalue weighted by Crippen LogP contribution is 2.57. The van der Waals surface area contributed by atoms with Crippen LogP contribution in [0, 0.1) is 6.92 Å². The van der Waals surface area contributed by atoms with Gasteiger partial charge in [-0.1, -0.05) is 0 Å². The van der Waals surface area contributed by atoms with E-state index in [1.54, 1.807) is 0 Å². The summed E-state index contributed by atoms with van der Waals surface area (Å²) in [6, 6.07) is 4.20. The number of carbonyl (C=O) groups excluding carboxylic acids is 4. The molecule has 0 amide bonds. The lowest BCUT2D eigenvalue weighted by molar-refractivity contribution is -0.123. The highest BCUT2D eigenvalue weighted by atomic mass is 16.5. The molecule has 1 aliphatic carbocycles. The van der Waals surface area contributed by atoms with E-state index < -0.39 is 34.3 Å². The van der Waals surface area contributed by atoms with Gasteiger partial charge in [-0.3, -0.25) is 19.2 Å². The zero-order chi connectivity index (χ0) is 26.0. The van der Waals surface area contributed by atoms with Gasteiger partial charge in [0, 0.05) is 23.0 Å². The molecule has 4 N–H and O–H groups in total. The number of benzene rings is 2. The number of ether oxygens (including phenoxy) is 1. The molecule has 0 saturated heterocycles. The molecule has 2 aromatic carbocycles. The molecule has 0 spiro atoms. The van der Waals surface area contributed by atoms with Crippen LogP contribution in [-0.2, 0) is 15.0 Å². The number of hydrogen-bond donors (Lipinski definition) is 4. The Balaban J connectivity index is 1.88. The lowest BCUT2D eigenvalue weighted by atomic mass is 9.70. The Labute approximate surface area is 200 Å². The first-order chi connectivity index (χ1) is 16.3. The van der Waals surface area contributed by atoms with Gasteiger partial charge in [-0.25, -0.2) is 0 Å². The van der Waals surface area contributed by atoms with Crippen LogP contribution in [0.4, 0.5) is 5.69 Å². The second-order valence-corrected chi connectivity index (χ2v) is 8.80. The topological polar surface area (TPSA) is 150 Å². The zero-order valence-corrected chi connectivity index (χ0v) is 19.7. The number of carbonyl (C=O) groups is 4. The van der Waals surface area contributed by atoms with E-state index in [1.807, 2.05) is 0 Å². The van der Waals surface area contributed by atoms with Gasteiger partial charge in [-0.2, -0.15) is 0 Å². The van der Waals surface area contributed by atoms with Crippen molar-refractivity contribution in [1.29, 1.82) is 0 Å². The van der Waals surface area contributed by atoms with Crippen molar-refractivity contribution in [2.45, 2.75) is 40.0 Å². The monoisotopic (exact) mass is 477 g/mol. The van der Waals surface area contributed by atoms with Gasteiger partial charge >= 0.3 is 0 Å². The standard InChI is InChI=1S/C26H23NO8/c1-10-22(32)20(13(4)29)24-21(23(10)33)26(5)18(35-24)9-17(31)19(25(26)34)11(2)27-14-6-7-16(30)15(8-14)12(3)28/h6-9,27,30,32-33H,1-5H3. The average Bonchev–Trinajstić information content (AvgIpc) is 3.06. The van der Waals surface area contributed by atoms with Crippen molar-refractivity contribution in [2.24, 2.45) is 0 Å². The molecule has 1 heterocycles. The minimum Gasteiger partial charge on any atom is -0.507 e. The van der Waals surface area contributed by atoms with Crippen LogP contribution in [0.1, 0.15) is 59.5 Å². The van der Waals surface area contributed by atoms with Crippen LogP contribution in [0.5, 0.6) is 23.0 Å². The second-order valence-electron chi connectivity index (χ2n) is 8.80. The summed E-state index contributed by atoms with van der Waals surface area (Å²) >= 11 is 0. The van der Waals surface area contributed by atoms with Crippen LogP contribution < -0.4 is 10.1 Å². The summed E-state index contributed by atoms with van der Waals surface area (Å²) in [6.45, 7) is 6.90. The molecule has 0 aromatic heterocycles. The number of fused-ring (bicyclic) bond motifs is 3. The Morgan fingerprint density at radius 1 is 1.00 bits per heavy atom. The van der Waals surface area contributed by atoms with Crippen molar-refractivity contribution in [3.63, 3.8) is 0 Å². The molecule has 2 aromatic rings. The number of nitrogens with one attached hydrogen (secondary N) is 1. The Bertz CT molecular complexity index is 1450. The quantitative estimate of drug-likeness (QED) is 0.224. The molecule has 1 aliphatic heterocycles. The fourth-order valence-electron chi connectivity index (χ4n) is 4.54. The predicted molar refractivity (Wildman–Crippen MR) is 125 cm³/mol. The maximum Gasteiger partial charge on any atom is 0.194 e. The lowest BCUT2D eigenvalue weighted by Crippen LogP contribution is -2.40. The smallest absolute Gasteiger partial charge is 0.194 e. The van der Waals surface area contributed by atoms with Gasteiger partial charge in [-0.15, -0.1) is 0 Å². The third-order valence-corrected chi connectivity index (χ3v) is 6.47. The number of phenolic OH excluding ortho intramolecular Hbond substituents is 3. The van der Waals surface area contributed by atoms with E-state index in [1.165, 1.54) is 52.8 Å². The van der Waals surface area contributed by atoms with E-state index >= 15 is 0 Å². The normalized spacial score (nSPS) is 20.0. The minimum absolute atomic E-state index is 0.00412. The molecule has 9 heteroatoms. The number of phenols is 3. The molecule has 35 heavy (non-hydrogen) atoms. The maximum absolute atomic E-state index is 13.8. The Hall–Kier alpha value is -4.40. The summed E-state index contributed by atoms with van der Waals surface area (Å²) < 4.78 is 5.74. The number of anilines is 1. The fourth-order valence-corrected chi connectivity index (χ4v) is 4.54. The van der Waals surface area contributed by atoms with Crippen LogP contribution >= 0.6 is 0 Å². The van der Waals surface area contributed by atoms with Crippen LogP contribution in [0.3, 0.4) is 0 Å². The summed E-state index contributed by atoms with van der Waals surface area (Å²) in [4.78, 5) is 50.8. The molecule has 0 fully saturated rings. The van der Waals surface area contributed by atoms with Crippen molar-refractivity contribution >= 4 is 28.8 Å². The van der Waals surface area contributed by atoms with Gasteiger partial charge < -0.3 is 25.4 Å². The first-order valence-corrected chi connectivity index (χ1v) is 10.7. The molecule has 9 nitrogen and oxygen atoms in total. The van der Waals surface area contributed by atoms with E-state index in [0.29, 0.717) is 5.69 Å². The molecule has 0 saturated carbocycles. The van der Waals surface area contributed by atoms with Crippen LogP contribution in [-0.4, -0.2) is 38.5 Å². The van der Waals surface area contributed by atoms with E-state index in [2.05, 4.69) is 5.32 Å². The van der Waals surface area contributed by atoms with Gasteiger partial charge in [0.1, 0.15) is 39.7 Å². The van der Waals surface area contributed by atoms with E-state index in [9.17, 15) is 34.5 Å². The molecule has 4 rings (SSSR count). The Kier molecular flexibility index (Phi) is 5.31. The SMILES string of the molecule is CC(=O)c1cc(NC(C)=C2C(=O)C=C3Oc4c(C(C)=O)c(O)c(C)c(O)c4C3(C)C2=O)ccc1O. The predicted octanol–water partition coefficient (Wildman–Crippen LogP) is 3.59. The van der Waals surface area contributed by atoms with Gasteiger partial charge in [0.25, 0.3) is 0 Å². The number of allylic oxidation sites excluding steroid dienone is 4. The van der Waals surface area contributed by atoms with E-state index in [0.717, 1.165) is 6.08 Å². The summed E-state index contributed by atoms with van der Waals surface area (Å²) in [5.74, 6) is -3.53. The largest absolute Gasteiger partial charge is 0.507 e. The molecule has 2 aliphatic rings. The van der Waals surface area contributed by atoms with Crippen LogP contribution in [0.2, 0.25) is 0 Å². The molecular formula is C26H23NO8. The third-order valence-electron chi connectivity index (χ3n) is 6.47. The number of Topliss-reactive ketones (excluding diaryl/α,β-unsaturated/α-hetero) is 3. The lowest BCUT2D eigenvalue weighted by Gasteiger charge is -2.29. The minimum atomic E-state index is -1.63. The summed E-state index contributed by atoms with van der Waals surface area (Å²) in [6.07, 6.45) is 1.12. The summed E-state index contributed by atoms with van der Waals surface area (Å²) in [7, 11) is 0. The van der Waals surface area contributed by atoms with Crippen molar-refractivity contribution in [1.82, 2.24) is 0 Å². The molecular weight excluding hydrogens is 454 g/mol. The molecule has 0 bridgehead atoms. The van der Waals surface area contributed by atoms with Crippen molar-refractivity contribution in [2.75, 3.05) is 5.32 Å². The fraction of sp³-hybridized carbons (Fsp3) is 0.231. The summed E-state index contributed by atoms with van der Waals surface area (Å²) in [5, 5.41) is 34.1. The van der Waals surface area contributed by atoms with Crippen LogP contribution in [0.25, 0.3) is 0 Å². The number of hydrogen-bond acceptors (Lipinski definition) is 9. The first kappa shape index (κ1) is 23.7. The van der Waals surface area contributed by atoms with Gasteiger partial charge in [0.15, 0.2) is 23.1 Å². The number of aromatic hydroxyl groups is 3. The zero-order valence-electron chi connectivity index (χ0n) is 19.7. The van der Waals surface area contributed by atoms with Gasteiger partial charge in [-0.05, 0) is 52.8 Å². The molecule has 1 atom stereocenters. The molecule has 180 valence electrons. The van der Waals surface area contributed by atoms with Gasteiger partial charge in [0.05, 0.1) is 16.7 Å². The average molecular weight is 477 g/mol. The molecule has 0 radical (unpaired) electrons.